The van der Waals surface area contributed by atoms with Gasteiger partial charge in [0.1, 0.15) is 0 Å². The first kappa shape index (κ1) is 11.0. The molecule has 2 heterocycles. The zero-order valence-electron chi connectivity index (χ0n) is 11.0. The van der Waals surface area contributed by atoms with Gasteiger partial charge in [0.25, 0.3) is 0 Å². The standard InChI is InChI=1S/C14H17N5/c1-10-8-11-4-2-3-5-13(11)18(10)9-14-15-16-17-19(14)12-6-7-12/h2-5,10,12H,6-9H2,1H3/t10-/m1/s1. The van der Waals surface area contributed by atoms with Crippen LogP contribution in [0, 0.1) is 0 Å². The first-order valence-corrected chi connectivity index (χ1v) is 6.94. The summed E-state index contributed by atoms with van der Waals surface area (Å²) in [6, 6.07) is 9.69. The lowest BCUT2D eigenvalue weighted by Gasteiger charge is -2.24. The number of para-hydroxylation sites is 1. The maximum atomic E-state index is 4.21. The van der Waals surface area contributed by atoms with Crippen LogP contribution in [0.4, 0.5) is 5.69 Å². The number of rotatable bonds is 3. The highest BCUT2D eigenvalue weighted by Crippen LogP contribution is 2.36. The molecular formula is C14H17N5. The predicted octanol–water partition coefficient (Wildman–Crippen LogP) is 1.96. The van der Waals surface area contributed by atoms with Crippen molar-refractivity contribution < 1.29 is 0 Å². The summed E-state index contributed by atoms with van der Waals surface area (Å²) >= 11 is 0. The summed E-state index contributed by atoms with van der Waals surface area (Å²) in [7, 11) is 0. The lowest BCUT2D eigenvalue weighted by molar-refractivity contribution is 0.562. The van der Waals surface area contributed by atoms with Crippen molar-refractivity contribution in [3.05, 3.63) is 35.7 Å². The minimum atomic E-state index is 0.516. The van der Waals surface area contributed by atoms with E-state index >= 15 is 0 Å². The summed E-state index contributed by atoms with van der Waals surface area (Å²) in [5.74, 6) is 0.992. The molecule has 2 aliphatic rings. The number of anilines is 1. The first-order valence-electron chi connectivity index (χ1n) is 6.94. The van der Waals surface area contributed by atoms with Gasteiger partial charge in [-0.2, -0.15) is 0 Å². The van der Waals surface area contributed by atoms with Crippen molar-refractivity contribution in [3.8, 4) is 0 Å². The van der Waals surface area contributed by atoms with Crippen molar-refractivity contribution in [1.29, 1.82) is 0 Å². The van der Waals surface area contributed by atoms with Gasteiger partial charge in [-0.15, -0.1) is 5.10 Å². The van der Waals surface area contributed by atoms with Gasteiger partial charge in [0.2, 0.25) is 0 Å². The summed E-state index contributed by atoms with van der Waals surface area (Å²) < 4.78 is 2.01. The van der Waals surface area contributed by atoms with Gasteiger partial charge in [-0.1, -0.05) is 18.2 Å². The van der Waals surface area contributed by atoms with Crippen molar-refractivity contribution >= 4 is 5.69 Å². The molecule has 19 heavy (non-hydrogen) atoms. The average Bonchev–Trinajstić information content (AvgIpc) is 3.08. The van der Waals surface area contributed by atoms with E-state index < -0.39 is 0 Å². The Morgan fingerprint density at radius 2 is 2.11 bits per heavy atom. The Bertz CT molecular complexity index is 601. The molecule has 2 aromatic rings. The fraction of sp³-hybridized carbons (Fsp3) is 0.500. The molecule has 0 unspecified atom stereocenters. The normalized spacial score (nSPS) is 21.7. The van der Waals surface area contributed by atoms with Crippen LogP contribution in [-0.2, 0) is 13.0 Å². The molecule has 0 bridgehead atoms. The van der Waals surface area contributed by atoms with E-state index in [1.54, 1.807) is 0 Å². The molecule has 1 saturated carbocycles. The fourth-order valence-corrected chi connectivity index (χ4v) is 2.94. The van der Waals surface area contributed by atoms with Gasteiger partial charge in [-0.25, -0.2) is 4.68 Å². The third kappa shape index (κ3) is 1.80. The van der Waals surface area contributed by atoms with E-state index in [0.29, 0.717) is 12.1 Å². The van der Waals surface area contributed by atoms with E-state index in [0.717, 1.165) is 18.8 Å². The molecule has 1 aromatic carbocycles. The van der Waals surface area contributed by atoms with Crippen molar-refractivity contribution in [2.75, 3.05) is 4.90 Å². The highest BCUT2D eigenvalue weighted by atomic mass is 15.6. The van der Waals surface area contributed by atoms with E-state index in [2.05, 4.69) is 51.6 Å². The van der Waals surface area contributed by atoms with Crippen LogP contribution in [0.1, 0.15) is 37.2 Å². The van der Waals surface area contributed by atoms with Crippen LogP contribution in [0.5, 0.6) is 0 Å². The minimum Gasteiger partial charge on any atom is -0.361 e. The van der Waals surface area contributed by atoms with E-state index in [4.69, 9.17) is 0 Å². The van der Waals surface area contributed by atoms with Crippen molar-refractivity contribution in [2.24, 2.45) is 0 Å². The van der Waals surface area contributed by atoms with Gasteiger partial charge >= 0.3 is 0 Å². The summed E-state index contributed by atoms with van der Waals surface area (Å²) in [6.45, 7) is 3.08. The molecule has 1 atom stereocenters. The van der Waals surface area contributed by atoms with Crippen LogP contribution in [0.25, 0.3) is 0 Å². The number of hydrogen-bond acceptors (Lipinski definition) is 4. The van der Waals surface area contributed by atoms with Crippen LogP contribution >= 0.6 is 0 Å². The van der Waals surface area contributed by atoms with E-state index in [1.807, 2.05) is 4.68 Å². The molecule has 1 aromatic heterocycles. The maximum Gasteiger partial charge on any atom is 0.170 e. The topological polar surface area (TPSA) is 46.8 Å². The molecule has 0 N–H and O–H groups in total. The van der Waals surface area contributed by atoms with Crippen molar-refractivity contribution in [3.63, 3.8) is 0 Å². The number of fused-ring (bicyclic) bond motifs is 1. The summed E-state index contributed by atoms with van der Waals surface area (Å²) in [6.07, 6.45) is 3.54. The molecule has 5 nitrogen and oxygen atoms in total. The van der Waals surface area contributed by atoms with Gasteiger partial charge in [-0.3, -0.25) is 0 Å². The second kappa shape index (κ2) is 4.05. The van der Waals surface area contributed by atoms with Crippen molar-refractivity contribution in [1.82, 2.24) is 20.2 Å². The van der Waals surface area contributed by atoms with E-state index in [1.165, 1.54) is 24.1 Å². The maximum absolute atomic E-state index is 4.21. The second-order valence-electron chi connectivity index (χ2n) is 5.58. The van der Waals surface area contributed by atoms with Gasteiger partial charge in [0, 0.05) is 11.7 Å². The number of aromatic nitrogens is 4. The largest absolute Gasteiger partial charge is 0.361 e. The lowest BCUT2D eigenvalue weighted by atomic mass is 10.1. The van der Waals surface area contributed by atoms with Crippen LogP contribution < -0.4 is 4.90 Å². The SMILES string of the molecule is C[C@@H]1Cc2ccccc2N1Cc1nnnn1C1CC1. The molecule has 0 spiro atoms. The minimum absolute atomic E-state index is 0.516. The molecule has 0 saturated heterocycles. The van der Waals surface area contributed by atoms with E-state index in [9.17, 15) is 0 Å². The number of benzene rings is 1. The Labute approximate surface area is 112 Å². The van der Waals surface area contributed by atoms with Gasteiger partial charge < -0.3 is 4.90 Å². The van der Waals surface area contributed by atoms with Crippen LogP contribution in [-0.4, -0.2) is 26.2 Å². The molecule has 0 amide bonds. The Balaban J connectivity index is 1.64. The molecule has 1 aliphatic carbocycles. The average molecular weight is 255 g/mol. The van der Waals surface area contributed by atoms with Crippen LogP contribution in [0.15, 0.2) is 24.3 Å². The Morgan fingerprint density at radius 1 is 1.26 bits per heavy atom. The van der Waals surface area contributed by atoms with Gasteiger partial charge in [-0.05, 0) is 48.2 Å². The molecule has 1 aliphatic heterocycles. The fourth-order valence-electron chi connectivity index (χ4n) is 2.94. The zero-order valence-corrected chi connectivity index (χ0v) is 11.0. The number of nitrogens with zero attached hydrogens (tertiary/aromatic N) is 5. The van der Waals surface area contributed by atoms with Crippen LogP contribution in [0.3, 0.4) is 0 Å². The smallest absolute Gasteiger partial charge is 0.170 e. The van der Waals surface area contributed by atoms with Crippen LogP contribution in [0.2, 0.25) is 0 Å². The lowest BCUT2D eigenvalue weighted by Crippen LogP contribution is -2.30. The van der Waals surface area contributed by atoms with E-state index in [-0.39, 0.29) is 0 Å². The molecule has 98 valence electrons. The highest BCUT2D eigenvalue weighted by molar-refractivity contribution is 5.59. The van der Waals surface area contributed by atoms with Gasteiger partial charge in [0.15, 0.2) is 5.82 Å². The Kier molecular flexibility index (Phi) is 2.33. The zero-order chi connectivity index (χ0) is 12.8. The monoisotopic (exact) mass is 255 g/mol. The summed E-state index contributed by atoms with van der Waals surface area (Å²) in [5.41, 5.74) is 2.76. The Hall–Kier alpha value is -1.91. The molecule has 5 heteroatoms. The molecule has 0 radical (unpaired) electrons. The highest BCUT2D eigenvalue weighted by Gasteiger charge is 2.31. The molecule has 1 fully saturated rings. The number of hydrogen-bond donors (Lipinski definition) is 0. The second-order valence-corrected chi connectivity index (χ2v) is 5.58. The molecule has 4 rings (SSSR count). The number of tetrazole rings is 1. The quantitative estimate of drug-likeness (QED) is 0.841. The summed E-state index contributed by atoms with van der Waals surface area (Å²) in [5, 5.41) is 12.2. The van der Waals surface area contributed by atoms with Gasteiger partial charge in [0.05, 0.1) is 12.6 Å². The first-order chi connectivity index (χ1) is 9.33. The third-order valence-electron chi connectivity index (χ3n) is 4.11. The summed E-state index contributed by atoms with van der Waals surface area (Å²) in [4.78, 5) is 2.42. The molecular weight excluding hydrogens is 238 g/mol. The Morgan fingerprint density at radius 3 is 2.95 bits per heavy atom. The van der Waals surface area contributed by atoms with Crippen molar-refractivity contribution in [2.45, 2.75) is 44.8 Å². The predicted molar refractivity (Wildman–Crippen MR) is 71.9 cm³/mol. The third-order valence-corrected chi connectivity index (χ3v) is 4.11.